The highest BCUT2D eigenvalue weighted by molar-refractivity contribution is 6.04. The normalized spacial score (nSPS) is 10.2. The van der Waals surface area contributed by atoms with Crippen molar-refractivity contribution in [1.29, 1.82) is 0 Å². The van der Waals surface area contributed by atoms with Crippen molar-refractivity contribution in [2.75, 3.05) is 5.32 Å². The molecule has 2 aromatic heterocycles. The van der Waals surface area contributed by atoms with Gasteiger partial charge in [-0.05, 0) is 25.5 Å². The zero-order valence-corrected chi connectivity index (χ0v) is 9.50. The SMILES string of the molecule is Cc1cc(C)c(C(=O)Nc2cn[nH]c2)c(=O)[nH]1. The Kier molecular flexibility index (Phi) is 2.78. The second-order valence-corrected chi connectivity index (χ2v) is 3.78. The van der Waals surface area contributed by atoms with Gasteiger partial charge in [-0.2, -0.15) is 5.10 Å². The molecule has 0 saturated heterocycles. The zero-order valence-electron chi connectivity index (χ0n) is 9.50. The van der Waals surface area contributed by atoms with Crippen molar-refractivity contribution in [2.24, 2.45) is 0 Å². The summed E-state index contributed by atoms with van der Waals surface area (Å²) in [6.45, 7) is 3.50. The molecule has 0 unspecified atom stereocenters. The molecule has 0 bridgehead atoms. The molecule has 0 aliphatic heterocycles. The third-order valence-electron chi connectivity index (χ3n) is 2.35. The van der Waals surface area contributed by atoms with Gasteiger partial charge < -0.3 is 10.3 Å². The number of amides is 1. The van der Waals surface area contributed by atoms with E-state index < -0.39 is 5.91 Å². The standard InChI is InChI=1S/C11H12N4O2/c1-6-3-7(2)14-10(16)9(6)11(17)15-8-4-12-13-5-8/h3-5H,1-2H3,(H,12,13)(H,14,16)(H,15,17). The quantitative estimate of drug-likeness (QED) is 0.720. The van der Waals surface area contributed by atoms with Crippen LogP contribution in [-0.4, -0.2) is 21.1 Å². The van der Waals surface area contributed by atoms with Gasteiger partial charge in [0.25, 0.3) is 11.5 Å². The van der Waals surface area contributed by atoms with Gasteiger partial charge in [0.2, 0.25) is 0 Å². The predicted octanol–water partition coefficient (Wildman–Crippen LogP) is 0.967. The smallest absolute Gasteiger partial charge is 0.261 e. The summed E-state index contributed by atoms with van der Waals surface area (Å²) in [7, 11) is 0. The van der Waals surface area contributed by atoms with Crippen LogP contribution in [0.3, 0.4) is 0 Å². The van der Waals surface area contributed by atoms with Crippen LogP contribution >= 0.6 is 0 Å². The number of carbonyl (C=O) groups is 1. The monoisotopic (exact) mass is 232 g/mol. The Balaban J connectivity index is 2.35. The Bertz CT molecular complexity index is 598. The lowest BCUT2D eigenvalue weighted by Gasteiger charge is -2.05. The second kappa shape index (κ2) is 4.25. The summed E-state index contributed by atoms with van der Waals surface area (Å²) in [5.41, 5.74) is 1.63. The van der Waals surface area contributed by atoms with E-state index in [2.05, 4.69) is 20.5 Å². The number of aromatic nitrogens is 3. The van der Waals surface area contributed by atoms with Crippen LogP contribution in [0, 0.1) is 13.8 Å². The number of anilines is 1. The first-order valence-corrected chi connectivity index (χ1v) is 5.08. The van der Waals surface area contributed by atoms with Crippen molar-refractivity contribution < 1.29 is 4.79 Å². The topological polar surface area (TPSA) is 90.6 Å². The minimum atomic E-state index is -0.440. The fraction of sp³-hybridized carbons (Fsp3) is 0.182. The third kappa shape index (κ3) is 2.25. The van der Waals surface area contributed by atoms with Crippen LogP contribution in [0.5, 0.6) is 0 Å². The molecule has 0 atom stereocenters. The summed E-state index contributed by atoms with van der Waals surface area (Å²) >= 11 is 0. The van der Waals surface area contributed by atoms with Crippen molar-refractivity contribution in [3.05, 3.63) is 45.6 Å². The molecule has 1 amide bonds. The van der Waals surface area contributed by atoms with Crippen molar-refractivity contribution in [2.45, 2.75) is 13.8 Å². The van der Waals surface area contributed by atoms with E-state index in [-0.39, 0.29) is 11.1 Å². The van der Waals surface area contributed by atoms with Crippen LogP contribution in [0.1, 0.15) is 21.6 Å². The molecule has 0 aliphatic carbocycles. The molecule has 0 radical (unpaired) electrons. The van der Waals surface area contributed by atoms with Crippen LogP contribution in [0.25, 0.3) is 0 Å². The summed E-state index contributed by atoms with van der Waals surface area (Å²) in [5.74, 6) is -0.440. The molecule has 0 spiro atoms. The minimum absolute atomic E-state index is 0.122. The largest absolute Gasteiger partial charge is 0.326 e. The van der Waals surface area contributed by atoms with Gasteiger partial charge in [-0.15, -0.1) is 0 Å². The Morgan fingerprint density at radius 2 is 2.18 bits per heavy atom. The van der Waals surface area contributed by atoms with Crippen molar-refractivity contribution >= 4 is 11.6 Å². The molecular weight excluding hydrogens is 220 g/mol. The fourth-order valence-electron chi connectivity index (χ4n) is 1.65. The second-order valence-electron chi connectivity index (χ2n) is 3.78. The number of nitrogens with one attached hydrogen (secondary N) is 3. The maximum absolute atomic E-state index is 11.9. The summed E-state index contributed by atoms with van der Waals surface area (Å²) in [6, 6.07) is 1.76. The summed E-state index contributed by atoms with van der Waals surface area (Å²) in [5, 5.41) is 8.86. The number of carbonyl (C=O) groups excluding carboxylic acids is 1. The van der Waals surface area contributed by atoms with Gasteiger partial charge in [-0.25, -0.2) is 0 Å². The van der Waals surface area contributed by atoms with Gasteiger partial charge in [0, 0.05) is 11.9 Å². The summed E-state index contributed by atoms with van der Waals surface area (Å²) in [4.78, 5) is 26.2. The maximum Gasteiger partial charge on any atom is 0.261 e. The lowest BCUT2D eigenvalue weighted by Crippen LogP contribution is -2.25. The molecule has 0 aliphatic rings. The number of aromatic amines is 2. The van der Waals surface area contributed by atoms with E-state index in [1.807, 2.05) is 0 Å². The fourth-order valence-corrected chi connectivity index (χ4v) is 1.65. The number of nitrogens with zero attached hydrogens (tertiary/aromatic N) is 1. The van der Waals surface area contributed by atoms with Crippen molar-refractivity contribution in [3.63, 3.8) is 0 Å². The highest BCUT2D eigenvalue weighted by atomic mass is 16.2. The molecule has 2 heterocycles. The van der Waals surface area contributed by atoms with Crippen LogP contribution in [0.4, 0.5) is 5.69 Å². The molecule has 0 fully saturated rings. The van der Waals surface area contributed by atoms with E-state index in [1.165, 1.54) is 12.4 Å². The molecule has 2 rings (SSSR count). The Morgan fingerprint density at radius 1 is 1.41 bits per heavy atom. The third-order valence-corrected chi connectivity index (χ3v) is 2.35. The molecular formula is C11H12N4O2. The van der Waals surface area contributed by atoms with Gasteiger partial charge in [0.1, 0.15) is 5.56 Å². The van der Waals surface area contributed by atoms with E-state index >= 15 is 0 Å². The summed E-state index contributed by atoms with van der Waals surface area (Å²) in [6.07, 6.45) is 3.01. The van der Waals surface area contributed by atoms with Crippen molar-refractivity contribution in [1.82, 2.24) is 15.2 Å². The van der Waals surface area contributed by atoms with E-state index in [9.17, 15) is 9.59 Å². The van der Waals surface area contributed by atoms with Crippen LogP contribution in [0.15, 0.2) is 23.3 Å². The lowest BCUT2D eigenvalue weighted by atomic mass is 10.1. The molecule has 17 heavy (non-hydrogen) atoms. The Hall–Kier alpha value is -2.37. The highest BCUT2D eigenvalue weighted by Gasteiger charge is 2.14. The van der Waals surface area contributed by atoms with E-state index in [0.29, 0.717) is 11.3 Å². The van der Waals surface area contributed by atoms with Crippen molar-refractivity contribution in [3.8, 4) is 0 Å². The van der Waals surface area contributed by atoms with E-state index in [0.717, 1.165) is 5.69 Å². The highest BCUT2D eigenvalue weighted by Crippen LogP contribution is 2.07. The number of rotatable bonds is 2. The molecule has 0 aromatic carbocycles. The van der Waals surface area contributed by atoms with Crippen LogP contribution in [-0.2, 0) is 0 Å². The average molecular weight is 232 g/mol. The number of pyridine rings is 1. The first-order valence-electron chi connectivity index (χ1n) is 5.08. The first-order chi connectivity index (χ1) is 8.08. The van der Waals surface area contributed by atoms with Gasteiger partial charge in [-0.1, -0.05) is 0 Å². The molecule has 6 heteroatoms. The number of hydrogen-bond donors (Lipinski definition) is 3. The molecule has 3 N–H and O–H groups in total. The Labute approximate surface area is 97.1 Å². The summed E-state index contributed by atoms with van der Waals surface area (Å²) < 4.78 is 0. The first kappa shape index (κ1) is 11.1. The minimum Gasteiger partial charge on any atom is -0.326 e. The van der Waals surface area contributed by atoms with Crippen LogP contribution in [0.2, 0.25) is 0 Å². The number of aryl methyl sites for hydroxylation is 2. The zero-order chi connectivity index (χ0) is 12.4. The van der Waals surface area contributed by atoms with Crippen LogP contribution < -0.4 is 10.9 Å². The van der Waals surface area contributed by atoms with Gasteiger partial charge in [-0.3, -0.25) is 14.7 Å². The van der Waals surface area contributed by atoms with Gasteiger partial charge >= 0.3 is 0 Å². The lowest BCUT2D eigenvalue weighted by molar-refractivity contribution is 0.102. The van der Waals surface area contributed by atoms with E-state index in [4.69, 9.17) is 0 Å². The van der Waals surface area contributed by atoms with Gasteiger partial charge in [0.15, 0.2) is 0 Å². The Morgan fingerprint density at radius 3 is 2.76 bits per heavy atom. The number of hydrogen-bond acceptors (Lipinski definition) is 3. The molecule has 2 aromatic rings. The van der Waals surface area contributed by atoms with Gasteiger partial charge in [0.05, 0.1) is 11.9 Å². The molecule has 88 valence electrons. The predicted molar refractivity (Wildman–Crippen MR) is 63.1 cm³/mol. The molecule has 0 saturated carbocycles. The maximum atomic E-state index is 11.9. The van der Waals surface area contributed by atoms with E-state index in [1.54, 1.807) is 19.9 Å². The number of H-pyrrole nitrogens is 2. The average Bonchev–Trinajstić information content (AvgIpc) is 2.68. The molecule has 6 nitrogen and oxygen atoms in total.